The van der Waals surface area contributed by atoms with Gasteiger partial charge < -0.3 is 5.32 Å². The largest absolute Gasteiger partial charge is 0.341 e. The Bertz CT molecular complexity index is 595. The van der Waals surface area contributed by atoms with Crippen LogP contribution in [-0.2, 0) is 0 Å². The van der Waals surface area contributed by atoms with E-state index in [4.69, 9.17) is 12.2 Å². The molecule has 0 radical (unpaired) electrons. The van der Waals surface area contributed by atoms with Gasteiger partial charge in [0.25, 0.3) is 0 Å². The van der Waals surface area contributed by atoms with E-state index >= 15 is 0 Å². The highest BCUT2D eigenvalue weighted by atomic mass is 32.2. The molecule has 0 bridgehead atoms. The van der Waals surface area contributed by atoms with Gasteiger partial charge in [0.05, 0.1) is 5.25 Å². The molecule has 0 saturated carbocycles. The molecule has 1 aliphatic heterocycles. The molecule has 90 valence electrons. The van der Waals surface area contributed by atoms with Crippen molar-refractivity contribution >= 4 is 34.0 Å². The summed E-state index contributed by atoms with van der Waals surface area (Å²) in [6.45, 7) is 0. The van der Waals surface area contributed by atoms with Gasteiger partial charge in [0.1, 0.15) is 10.1 Å². The lowest BCUT2D eigenvalue weighted by molar-refractivity contribution is 0.627. The van der Waals surface area contributed by atoms with Crippen molar-refractivity contribution in [1.82, 2.24) is 0 Å². The zero-order chi connectivity index (χ0) is 12.5. The molecule has 0 saturated heterocycles. The van der Waals surface area contributed by atoms with Crippen molar-refractivity contribution in [1.29, 1.82) is 0 Å². The van der Waals surface area contributed by atoms with E-state index in [1.54, 1.807) is 11.8 Å². The number of nitrogens with one attached hydrogen (secondary N) is 1. The van der Waals surface area contributed by atoms with Crippen molar-refractivity contribution in [3.05, 3.63) is 65.5 Å². The first kappa shape index (κ1) is 11.7. The van der Waals surface area contributed by atoms with Crippen LogP contribution >= 0.6 is 24.0 Å². The second-order valence-electron chi connectivity index (χ2n) is 4.05. The highest BCUT2D eigenvalue weighted by Crippen LogP contribution is 2.43. The van der Waals surface area contributed by atoms with Gasteiger partial charge in [-0.1, -0.05) is 54.3 Å². The van der Waals surface area contributed by atoms with Crippen LogP contribution in [0.4, 0.5) is 10.1 Å². The number of rotatable bonds is 1. The van der Waals surface area contributed by atoms with E-state index in [-0.39, 0.29) is 11.1 Å². The lowest BCUT2D eigenvalue weighted by Crippen LogP contribution is -2.16. The fourth-order valence-electron chi connectivity index (χ4n) is 2.03. The average Bonchev–Trinajstić information content (AvgIpc) is 2.38. The minimum Gasteiger partial charge on any atom is -0.341 e. The number of hydrogen-bond donors (Lipinski definition) is 1. The highest BCUT2D eigenvalue weighted by Gasteiger charge is 2.24. The Balaban J connectivity index is 2.07. The number of thioether (sulfide) groups is 1. The second kappa shape index (κ2) is 4.71. The summed E-state index contributed by atoms with van der Waals surface area (Å²) in [5.41, 5.74) is 3.29. The van der Waals surface area contributed by atoms with Crippen LogP contribution in [0.3, 0.4) is 0 Å². The monoisotopic (exact) mass is 275 g/mol. The molecule has 1 aliphatic rings. The quantitative estimate of drug-likeness (QED) is 0.777. The first-order valence-electron chi connectivity index (χ1n) is 5.56. The van der Waals surface area contributed by atoms with Crippen LogP contribution in [0.15, 0.2) is 48.5 Å². The molecule has 0 fully saturated rings. The molecule has 0 spiro atoms. The first-order valence-corrected chi connectivity index (χ1v) is 6.85. The van der Waals surface area contributed by atoms with Gasteiger partial charge in [-0.2, -0.15) is 0 Å². The molecular formula is C14H10FNS2. The van der Waals surface area contributed by atoms with Crippen molar-refractivity contribution < 1.29 is 4.39 Å². The molecule has 3 rings (SSSR count). The topological polar surface area (TPSA) is 12.0 Å². The summed E-state index contributed by atoms with van der Waals surface area (Å²) in [5.74, 6) is -0.214. The Hall–Kier alpha value is -1.39. The van der Waals surface area contributed by atoms with Gasteiger partial charge in [-0.15, -0.1) is 0 Å². The number of halogens is 1. The fourth-order valence-corrected chi connectivity index (χ4v) is 3.44. The highest BCUT2D eigenvalue weighted by molar-refractivity contribution is 8.23. The predicted molar refractivity (Wildman–Crippen MR) is 78.5 cm³/mol. The van der Waals surface area contributed by atoms with Crippen LogP contribution in [0.1, 0.15) is 16.4 Å². The maximum absolute atomic E-state index is 13.0. The molecule has 0 aromatic heterocycles. The predicted octanol–water partition coefficient (Wildman–Crippen LogP) is 4.36. The summed E-state index contributed by atoms with van der Waals surface area (Å²) >= 11 is 6.85. The van der Waals surface area contributed by atoms with Gasteiger partial charge in [-0.25, -0.2) is 4.39 Å². The van der Waals surface area contributed by atoms with E-state index in [0.717, 1.165) is 15.6 Å². The Labute approximate surface area is 114 Å². The molecule has 0 amide bonds. The zero-order valence-electron chi connectivity index (χ0n) is 9.39. The second-order valence-corrected chi connectivity index (χ2v) is 5.83. The van der Waals surface area contributed by atoms with Gasteiger partial charge in [-0.05, 0) is 29.3 Å². The lowest BCUT2D eigenvalue weighted by Gasteiger charge is -2.26. The zero-order valence-corrected chi connectivity index (χ0v) is 11.0. The summed E-state index contributed by atoms with van der Waals surface area (Å²) in [6, 6.07) is 14.7. The molecule has 1 atom stereocenters. The third kappa shape index (κ3) is 2.13. The first-order chi connectivity index (χ1) is 8.74. The number of anilines is 1. The Morgan fingerprint density at radius 2 is 1.78 bits per heavy atom. The van der Waals surface area contributed by atoms with Crippen molar-refractivity contribution in [2.75, 3.05) is 5.32 Å². The standard InChI is InChI=1S/C14H10FNS2/c15-10-7-5-9(6-8-10)13-11-3-1-2-4-12(11)16-14(17)18-13/h1-8,13H,(H,16,17). The third-order valence-corrected chi connectivity index (χ3v) is 4.35. The summed E-state index contributed by atoms with van der Waals surface area (Å²) in [5, 5.41) is 3.33. The Morgan fingerprint density at radius 1 is 1.06 bits per heavy atom. The maximum atomic E-state index is 13.0. The van der Waals surface area contributed by atoms with Crippen LogP contribution in [0.2, 0.25) is 0 Å². The average molecular weight is 275 g/mol. The minimum absolute atomic E-state index is 0.135. The smallest absolute Gasteiger partial charge is 0.139 e. The fraction of sp³-hybridized carbons (Fsp3) is 0.0714. The van der Waals surface area contributed by atoms with Crippen LogP contribution < -0.4 is 5.32 Å². The van der Waals surface area contributed by atoms with Crippen molar-refractivity contribution in [2.45, 2.75) is 5.25 Å². The van der Waals surface area contributed by atoms with E-state index in [1.807, 2.05) is 30.3 Å². The lowest BCUT2D eigenvalue weighted by atomic mass is 10.0. The van der Waals surface area contributed by atoms with E-state index < -0.39 is 0 Å². The van der Waals surface area contributed by atoms with E-state index in [9.17, 15) is 4.39 Å². The number of benzene rings is 2. The number of thiocarbonyl (C=S) groups is 1. The molecule has 1 heterocycles. The summed E-state index contributed by atoms with van der Waals surface area (Å²) in [6.07, 6.45) is 0. The molecule has 4 heteroatoms. The molecule has 18 heavy (non-hydrogen) atoms. The van der Waals surface area contributed by atoms with E-state index in [1.165, 1.54) is 17.7 Å². The summed E-state index contributed by atoms with van der Waals surface area (Å²) < 4.78 is 13.7. The maximum Gasteiger partial charge on any atom is 0.139 e. The van der Waals surface area contributed by atoms with Crippen molar-refractivity contribution in [3.8, 4) is 0 Å². The van der Waals surface area contributed by atoms with Gasteiger partial charge in [-0.3, -0.25) is 0 Å². The van der Waals surface area contributed by atoms with E-state index in [2.05, 4.69) is 11.4 Å². The minimum atomic E-state index is -0.214. The number of fused-ring (bicyclic) bond motifs is 1. The number of para-hydroxylation sites is 1. The molecular weight excluding hydrogens is 265 g/mol. The molecule has 1 unspecified atom stereocenters. The van der Waals surface area contributed by atoms with E-state index in [0.29, 0.717) is 0 Å². The summed E-state index contributed by atoms with van der Waals surface area (Å²) in [4.78, 5) is 0. The summed E-state index contributed by atoms with van der Waals surface area (Å²) in [7, 11) is 0. The van der Waals surface area contributed by atoms with Gasteiger partial charge >= 0.3 is 0 Å². The van der Waals surface area contributed by atoms with Gasteiger partial charge in [0, 0.05) is 5.69 Å². The molecule has 2 aromatic carbocycles. The number of hydrogen-bond acceptors (Lipinski definition) is 2. The normalized spacial score (nSPS) is 18.1. The van der Waals surface area contributed by atoms with Crippen LogP contribution in [0, 0.1) is 5.82 Å². The molecule has 1 N–H and O–H groups in total. The van der Waals surface area contributed by atoms with Crippen LogP contribution in [-0.4, -0.2) is 4.32 Å². The van der Waals surface area contributed by atoms with Crippen molar-refractivity contribution in [2.24, 2.45) is 0 Å². The van der Waals surface area contributed by atoms with Gasteiger partial charge in [0.2, 0.25) is 0 Å². The SMILES string of the molecule is Fc1ccc(C2SC(=S)Nc3ccccc32)cc1. The third-order valence-electron chi connectivity index (χ3n) is 2.88. The van der Waals surface area contributed by atoms with Crippen molar-refractivity contribution in [3.63, 3.8) is 0 Å². The van der Waals surface area contributed by atoms with Crippen LogP contribution in [0.5, 0.6) is 0 Å². The van der Waals surface area contributed by atoms with Gasteiger partial charge in [0.15, 0.2) is 0 Å². The Morgan fingerprint density at radius 3 is 2.56 bits per heavy atom. The Kier molecular flexibility index (Phi) is 3.06. The molecule has 0 aliphatic carbocycles. The van der Waals surface area contributed by atoms with Crippen LogP contribution in [0.25, 0.3) is 0 Å². The molecule has 1 nitrogen and oxygen atoms in total. The molecule has 2 aromatic rings.